The van der Waals surface area contributed by atoms with E-state index in [9.17, 15) is 0 Å². The second kappa shape index (κ2) is 7.46. The van der Waals surface area contributed by atoms with E-state index in [1.165, 1.54) is 45.3 Å². The summed E-state index contributed by atoms with van der Waals surface area (Å²) in [5.74, 6) is 1.57. The number of hydrogen-bond donors (Lipinski definition) is 1. The van der Waals surface area contributed by atoms with Gasteiger partial charge in [-0.25, -0.2) is 0 Å². The maximum absolute atomic E-state index is 5.66. The van der Waals surface area contributed by atoms with Gasteiger partial charge in [-0.15, -0.1) is 0 Å². The van der Waals surface area contributed by atoms with Gasteiger partial charge in [0.1, 0.15) is 0 Å². The molecule has 0 aromatic rings. The van der Waals surface area contributed by atoms with Crippen molar-refractivity contribution in [2.75, 3.05) is 39.4 Å². The van der Waals surface area contributed by atoms with Crippen molar-refractivity contribution in [1.29, 1.82) is 0 Å². The molecule has 0 radical (unpaired) electrons. The van der Waals surface area contributed by atoms with E-state index in [0.29, 0.717) is 5.92 Å². The molecule has 2 fully saturated rings. The van der Waals surface area contributed by atoms with Crippen LogP contribution in [0.25, 0.3) is 0 Å². The molecule has 2 rings (SSSR count). The molecule has 1 saturated carbocycles. The molecule has 3 nitrogen and oxygen atoms in total. The van der Waals surface area contributed by atoms with Crippen molar-refractivity contribution in [3.8, 4) is 0 Å². The molecule has 0 spiro atoms. The number of hydrogen-bond acceptors (Lipinski definition) is 3. The summed E-state index contributed by atoms with van der Waals surface area (Å²) in [6.45, 7) is 11.1. The van der Waals surface area contributed by atoms with E-state index < -0.39 is 0 Å². The van der Waals surface area contributed by atoms with Crippen LogP contribution in [0.15, 0.2) is 0 Å². The lowest BCUT2D eigenvalue weighted by Crippen LogP contribution is -2.39. The van der Waals surface area contributed by atoms with Crippen LogP contribution in [0, 0.1) is 11.8 Å². The Labute approximate surface area is 112 Å². The van der Waals surface area contributed by atoms with Crippen molar-refractivity contribution in [1.82, 2.24) is 10.2 Å². The molecule has 1 heterocycles. The molecule has 18 heavy (non-hydrogen) atoms. The Kier molecular flexibility index (Phi) is 5.93. The van der Waals surface area contributed by atoms with Gasteiger partial charge in [-0.1, -0.05) is 13.8 Å². The minimum Gasteiger partial charge on any atom is -0.380 e. The van der Waals surface area contributed by atoms with Crippen molar-refractivity contribution in [2.45, 2.75) is 45.6 Å². The summed E-state index contributed by atoms with van der Waals surface area (Å²) in [5.41, 5.74) is 0. The summed E-state index contributed by atoms with van der Waals surface area (Å²) < 4.78 is 5.66. The number of nitrogens with one attached hydrogen (secondary N) is 1. The Bertz CT molecular complexity index is 221. The maximum atomic E-state index is 5.66. The van der Waals surface area contributed by atoms with E-state index in [1.54, 1.807) is 0 Å². The largest absolute Gasteiger partial charge is 0.380 e. The number of ether oxygens (including phenoxy) is 1. The summed E-state index contributed by atoms with van der Waals surface area (Å²) in [5, 5.41) is 3.66. The number of rotatable bonds is 8. The molecule has 0 aromatic carbocycles. The monoisotopic (exact) mass is 254 g/mol. The first-order valence-electron chi connectivity index (χ1n) is 7.77. The second-order valence-corrected chi connectivity index (χ2v) is 6.44. The summed E-state index contributed by atoms with van der Waals surface area (Å²) in [6, 6.07) is 0.868. The molecule has 1 N–H and O–H groups in total. The first-order chi connectivity index (χ1) is 8.74. The van der Waals surface area contributed by atoms with Crippen LogP contribution >= 0.6 is 0 Å². The van der Waals surface area contributed by atoms with Crippen LogP contribution in [-0.2, 0) is 4.74 Å². The highest BCUT2D eigenvalue weighted by molar-refractivity contribution is 4.83. The molecule has 1 aliphatic carbocycles. The number of piperidine rings is 1. The first-order valence-corrected chi connectivity index (χ1v) is 7.77. The van der Waals surface area contributed by atoms with Crippen molar-refractivity contribution in [3.63, 3.8) is 0 Å². The van der Waals surface area contributed by atoms with Crippen LogP contribution in [0.3, 0.4) is 0 Å². The van der Waals surface area contributed by atoms with Gasteiger partial charge in [-0.2, -0.15) is 0 Å². The van der Waals surface area contributed by atoms with Crippen molar-refractivity contribution in [3.05, 3.63) is 0 Å². The summed E-state index contributed by atoms with van der Waals surface area (Å²) >= 11 is 0. The van der Waals surface area contributed by atoms with Crippen LogP contribution in [-0.4, -0.2) is 50.3 Å². The van der Waals surface area contributed by atoms with E-state index in [0.717, 1.165) is 31.7 Å². The average Bonchev–Trinajstić information content (AvgIpc) is 3.17. The van der Waals surface area contributed by atoms with E-state index in [-0.39, 0.29) is 0 Å². The van der Waals surface area contributed by atoms with E-state index >= 15 is 0 Å². The zero-order valence-corrected chi connectivity index (χ0v) is 12.2. The van der Waals surface area contributed by atoms with Gasteiger partial charge in [-0.3, -0.25) is 0 Å². The molecule has 1 saturated heterocycles. The molecule has 0 aromatic heterocycles. The molecule has 0 unspecified atom stereocenters. The normalized spacial score (nSPS) is 22.8. The second-order valence-electron chi connectivity index (χ2n) is 6.44. The lowest BCUT2D eigenvalue weighted by atomic mass is 9.97. The fourth-order valence-electron chi connectivity index (χ4n) is 2.55. The topological polar surface area (TPSA) is 24.5 Å². The smallest absolute Gasteiger partial charge is 0.0593 e. The summed E-state index contributed by atoms with van der Waals surface area (Å²) in [6.07, 6.45) is 5.55. The van der Waals surface area contributed by atoms with Crippen LogP contribution in [0.1, 0.15) is 39.5 Å². The predicted molar refractivity (Wildman–Crippen MR) is 75.8 cm³/mol. The third-order valence-corrected chi connectivity index (χ3v) is 3.98. The molecule has 1 aliphatic heterocycles. The van der Waals surface area contributed by atoms with Gasteiger partial charge in [0, 0.05) is 19.2 Å². The van der Waals surface area contributed by atoms with Gasteiger partial charge in [-0.05, 0) is 57.2 Å². The molecular formula is C15H30N2O. The highest BCUT2D eigenvalue weighted by Crippen LogP contribution is 2.21. The van der Waals surface area contributed by atoms with E-state index in [4.69, 9.17) is 4.74 Å². The third kappa shape index (κ3) is 5.68. The molecule has 3 heteroatoms. The maximum Gasteiger partial charge on any atom is 0.0593 e. The highest BCUT2D eigenvalue weighted by Gasteiger charge is 2.24. The van der Waals surface area contributed by atoms with Crippen molar-refractivity contribution in [2.24, 2.45) is 11.8 Å². The Hall–Kier alpha value is -0.120. The quantitative estimate of drug-likeness (QED) is 0.672. The van der Waals surface area contributed by atoms with Crippen LogP contribution in [0.4, 0.5) is 0 Å². The Morgan fingerprint density at radius 3 is 2.50 bits per heavy atom. The lowest BCUT2D eigenvalue weighted by Gasteiger charge is -2.32. The highest BCUT2D eigenvalue weighted by atomic mass is 16.5. The van der Waals surface area contributed by atoms with Crippen LogP contribution in [0.5, 0.6) is 0 Å². The molecule has 106 valence electrons. The number of likely N-dealkylation sites (tertiary alicyclic amines) is 1. The van der Waals surface area contributed by atoms with Gasteiger partial charge in [0.2, 0.25) is 0 Å². The van der Waals surface area contributed by atoms with Gasteiger partial charge in [0.05, 0.1) is 6.61 Å². The number of nitrogens with zero attached hydrogens (tertiary/aromatic N) is 1. The third-order valence-electron chi connectivity index (χ3n) is 3.98. The molecule has 2 aliphatic rings. The molecular weight excluding hydrogens is 224 g/mol. The standard InChI is InChI=1S/C15H30N2O/c1-13(2)12-18-10-9-17-7-5-14(6-8-17)11-16-15-3-4-15/h13-16H,3-12H2,1-2H3. The fourth-order valence-corrected chi connectivity index (χ4v) is 2.55. The van der Waals surface area contributed by atoms with Gasteiger partial charge in [0.25, 0.3) is 0 Å². The van der Waals surface area contributed by atoms with Gasteiger partial charge in [0.15, 0.2) is 0 Å². The summed E-state index contributed by atoms with van der Waals surface area (Å²) in [4.78, 5) is 2.56. The van der Waals surface area contributed by atoms with Gasteiger partial charge < -0.3 is 15.0 Å². The fraction of sp³-hybridized carbons (Fsp3) is 1.00. The van der Waals surface area contributed by atoms with E-state index in [2.05, 4.69) is 24.1 Å². The molecule has 0 atom stereocenters. The molecule has 0 amide bonds. The first kappa shape index (κ1) is 14.3. The van der Waals surface area contributed by atoms with Gasteiger partial charge >= 0.3 is 0 Å². The molecule has 0 bridgehead atoms. The van der Waals surface area contributed by atoms with Crippen molar-refractivity contribution >= 4 is 0 Å². The SMILES string of the molecule is CC(C)COCCN1CCC(CNC2CC2)CC1. The zero-order chi connectivity index (χ0) is 12.8. The Balaban J connectivity index is 1.47. The Morgan fingerprint density at radius 1 is 1.17 bits per heavy atom. The minimum atomic E-state index is 0.657. The minimum absolute atomic E-state index is 0.657. The lowest BCUT2D eigenvalue weighted by molar-refractivity contribution is 0.0738. The van der Waals surface area contributed by atoms with Crippen LogP contribution in [0.2, 0.25) is 0 Å². The van der Waals surface area contributed by atoms with Crippen molar-refractivity contribution < 1.29 is 4.74 Å². The van der Waals surface area contributed by atoms with Crippen LogP contribution < -0.4 is 5.32 Å². The summed E-state index contributed by atoms with van der Waals surface area (Å²) in [7, 11) is 0. The average molecular weight is 254 g/mol. The Morgan fingerprint density at radius 2 is 1.89 bits per heavy atom. The zero-order valence-electron chi connectivity index (χ0n) is 12.2. The predicted octanol–water partition coefficient (Wildman–Crippen LogP) is 2.12. The van der Waals surface area contributed by atoms with E-state index in [1.807, 2.05) is 0 Å².